The zero-order chi connectivity index (χ0) is 15.3. The van der Waals surface area contributed by atoms with Crippen LogP contribution in [0.3, 0.4) is 0 Å². The number of furan rings is 1. The Labute approximate surface area is 128 Å². The summed E-state index contributed by atoms with van der Waals surface area (Å²) in [4.78, 5) is 0. The summed E-state index contributed by atoms with van der Waals surface area (Å²) in [5.41, 5.74) is 2.66. The molecule has 0 fully saturated rings. The van der Waals surface area contributed by atoms with Crippen LogP contribution in [-0.4, -0.2) is 6.54 Å². The summed E-state index contributed by atoms with van der Waals surface area (Å²) in [5.74, 6) is 1.03. The zero-order valence-corrected chi connectivity index (χ0v) is 14.0. The number of para-hydroxylation sites is 1. The summed E-state index contributed by atoms with van der Waals surface area (Å²) in [6.07, 6.45) is 5.26. The fraction of sp³-hybridized carbons (Fsp3) is 0.579. The lowest BCUT2D eigenvalue weighted by Crippen LogP contribution is -2.29. The largest absolute Gasteiger partial charge is 0.461 e. The maximum Gasteiger partial charge on any atom is 0.134 e. The number of hydrogen-bond acceptors (Lipinski definition) is 2. The number of benzene rings is 1. The topological polar surface area (TPSA) is 25.2 Å². The molecule has 0 aliphatic heterocycles. The second-order valence-electron chi connectivity index (χ2n) is 6.86. The summed E-state index contributed by atoms with van der Waals surface area (Å²) in [5, 5.41) is 4.87. The molecule has 1 aromatic heterocycles. The number of rotatable bonds is 8. The van der Waals surface area contributed by atoms with Gasteiger partial charge in [-0.25, -0.2) is 0 Å². The minimum atomic E-state index is 0.364. The number of nitrogens with one attached hydrogen (secondary N) is 1. The number of aryl methyl sites for hydroxylation is 1. The standard InChI is InChI=1S/C19H29NO/c1-5-6-9-12-19(3,4)14-20-13-17-15(2)21-18-11-8-7-10-16(17)18/h7-8,10-11,20H,5-6,9,12-14H2,1-4H3. The van der Waals surface area contributed by atoms with Crippen molar-refractivity contribution in [2.75, 3.05) is 6.54 Å². The van der Waals surface area contributed by atoms with Crippen LogP contribution >= 0.6 is 0 Å². The highest BCUT2D eigenvalue weighted by atomic mass is 16.3. The molecule has 21 heavy (non-hydrogen) atoms. The number of unbranched alkanes of at least 4 members (excludes halogenated alkanes) is 2. The molecule has 0 amide bonds. The van der Waals surface area contributed by atoms with Gasteiger partial charge in [0.25, 0.3) is 0 Å². The van der Waals surface area contributed by atoms with Gasteiger partial charge >= 0.3 is 0 Å². The minimum Gasteiger partial charge on any atom is -0.461 e. The predicted octanol–water partition coefficient (Wildman–Crippen LogP) is 5.44. The molecular weight excluding hydrogens is 258 g/mol. The molecule has 2 aromatic rings. The molecule has 0 spiro atoms. The van der Waals surface area contributed by atoms with Crippen molar-refractivity contribution in [3.8, 4) is 0 Å². The van der Waals surface area contributed by atoms with Gasteiger partial charge in [-0.15, -0.1) is 0 Å². The Bertz CT molecular complexity index is 568. The average molecular weight is 287 g/mol. The smallest absolute Gasteiger partial charge is 0.134 e. The van der Waals surface area contributed by atoms with Crippen molar-refractivity contribution in [2.45, 2.75) is 59.9 Å². The Morgan fingerprint density at radius 2 is 1.90 bits per heavy atom. The van der Waals surface area contributed by atoms with E-state index in [9.17, 15) is 0 Å². The Hall–Kier alpha value is -1.28. The maximum absolute atomic E-state index is 5.82. The van der Waals surface area contributed by atoms with E-state index in [-0.39, 0.29) is 0 Å². The van der Waals surface area contributed by atoms with Crippen molar-refractivity contribution >= 4 is 11.0 Å². The lowest BCUT2D eigenvalue weighted by atomic mass is 9.87. The third-order valence-corrected chi connectivity index (χ3v) is 4.26. The Kier molecular flexibility index (Phi) is 5.46. The van der Waals surface area contributed by atoms with Crippen LogP contribution in [0.2, 0.25) is 0 Å². The highest BCUT2D eigenvalue weighted by molar-refractivity contribution is 5.82. The fourth-order valence-corrected chi connectivity index (χ4v) is 2.91. The summed E-state index contributed by atoms with van der Waals surface area (Å²) >= 11 is 0. The van der Waals surface area contributed by atoms with Crippen LogP contribution in [0.15, 0.2) is 28.7 Å². The molecular formula is C19H29NO. The van der Waals surface area contributed by atoms with Gasteiger partial charge < -0.3 is 9.73 Å². The molecule has 1 heterocycles. The van der Waals surface area contributed by atoms with Crippen molar-refractivity contribution in [1.82, 2.24) is 5.32 Å². The molecule has 0 atom stereocenters. The van der Waals surface area contributed by atoms with Gasteiger partial charge in [0.1, 0.15) is 11.3 Å². The van der Waals surface area contributed by atoms with Gasteiger partial charge in [-0.2, -0.15) is 0 Å². The summed E-state index contributed by atoms with van der Waals surface area (Å²) in [6, 6.07) is 8.30. The number of hydrogen-bond donors (Lipinski definition) is 1. The van der Waals surface area contributed by atoms with Crippen LogP contribution in [0.1, 0.15) is 57.8 Å². The molecule has 0 bridgehead atoms. The third-order valence-electron chi connectivity index (χ3n) is 4.26. The highest BCUT2D eigenvalue weighted by Crippen LogP contribution is 2.26. The predicted molar refractivity (Wildman–Crippen MR) is 90.6 cm³/mol. The molecule has 2 heteroatoms. The van der Waals surface area contributed by atoms with Crippen LogP contribution in [-0.2, 0) is 6.54 Å². The van der Waals surface area contributed by atoms with E-state index in [1.54, 1.807) is 0 Å². The van der Waals surface area contributed by atoms with E-state index in [2.05, 4.69) is 45.1 Å². The molecule has 0 unspecified atom stereocenters. The molecule has 0 aliphatic rings. The van der Waals surface area contributed by atoms with E-state index in [1.807, 2.05) is 12.1 Å². The SMILES string of the molecule is CCCCCC(C)(C)CNCc1c(C)oc2ccccc12. The summed E-state index contributed by atoms with van der Waals surface area (Å²) in [6.45, 7) is 11.0. The highest BCUT2D eigenvalue weighted by Gasteiger charge is 2.17. The van der Waals surface area contributed by atoms with Crippen LogP contribution in [0.5, 0.6) is 0 Å². The molecule has 0 aliphatic carbocycles. The van der Waals surface area contributed by atoms with E-state index >= 15 is 0 Å². The van der Waals surface area contributed by atoms with Crippen molar-refractivity contribution < 1.29 is 4.42 Å². The minimum absolute atomic E-state index is 0.364. The van der Waals surface area contributed by atoms with E-state index in [4.69, 9.17) is 4.42 Å². The van der Waals surface area contributed by atoms with Crippen molar-refractivity contribution in [1.29, 1.82) is 0 Å². The first-order valence-electron chi connectivity index (χ1n) is 8.21. The van der Waals surface area contributed by atoms with E-state index in [0.29, 0.717) is 5.41 Å². The second kappa shape index (κ2) is 7.13. The molecule has 1 N–H and O–H groups in total. The first-order chi connectivity index (χ1) is 10.0. The van der Waals surface area contributed by atoms with Gasteiger partial charge in [-0.1, -0.05) is 58.2 Å². The van der Waals surface area contributed by atoms with Gasteiger partial charge in [-0.05, 0) is 24.8 Å². The van der Waals surface area contributed by atoms with Gasteiger partial charge in [0.2, 0.25) is 0 Å². The normalized spacial score (nSPS) is 12.2. The second-order valence-corrected chi connectivity index (χ2v) is 6.86. The monoisotopic (exact) mass is 287 g/mol. The van der Waals surface area contributed by atoms with Gasteiger partial charge in [-0.3, -0.25) is 0 Å². The molecule has 0 radical (unpaired) electrons. The van der Waals surface area contributed by atoms with Gasteiger partial charge in [0.15, 0.2) is 0 Å². The Balaban J connectivity index is 1.91. The number of fused-ring (bicyclic) bond motifs is 1. The van der Waals surface area contributed by atoms with E-state index in [0.717, 1.165) is 24.4 Å². The van der Waals surface area contributed by atoms with E-state index in [1.165, 1.54) is 36.6 Å². The van der Waals surface area contributed by atoms with E-state index < -0.39 is 0 Å². The molecule has 1 aromatic carbocycles. The molecule has 0 saturated heterocycles. The Morgan fingerprint density at radius 3 is 2.67 bits per heavy atom. The van der Waals surface area contributed by atoms with Crippen LogP contribution in [0.25, 0.3) is 11.0 Å². The molecule has 116 valence electrons. The molecule has 2 rings (SSSR count). The quantitative estimate of drug-likeness (QED) is 0.654. The first-order valence-corrected chi connectivity index (χ1v) is 8.21. The maximum atomic E-state index is 5.82. The molecule has 2 nitrogen and oxygen atoms in total. The Morgan fingerprint density at radius 1 is 1.14 bits per heavy atom. The van der Waals surface area contributed by atoms with Crippen LogP contribution < -0.4 is 5.32 Å². The zero-order valence-electron chi connectivity index (χ0n) is 14.0. The fourth-order valence-electron chi connectivity index (χ4n) is 2.91. The summed E-state index contributed by atoms with van der Waals surface area (Å²) < 4.78 is 5.82. The van der Waals surface area contributed by atoms with Crippen LogP contribution in [0.4, 0.5) is 0 Å². The first kappa shape index (κ1) is 16.1. The van der Waals surface area contributed by atoms with Crippen molar-refractivity contribution in [3.63, 3.8) is 0 Å². The van der Waals surface area contributed by atoms with Crippen LogP contribution in [0, 0.1) is 12.3 Å². The van der Waals surface area contributed by atoms with Gasteiger partial charge in [0.05, 0.1) is 0 Å². The molecule has 0 saturated carbocycles. The van der Waals surface area contributed by atoms with Crippen molar-refractivity contribution in [3.05, 3.63) is 35.6 Å². The third kappa shape index (κ3) is 4.34. The lowest BCUT2D eigenvalue weighted by Gasteiger charge is -2.25. The van der Waals surface area contributed by atoms with Gasteiger partial charge in [0, 0.05) is 24.0 Å². The summed E-state index contributed by atoms with van der Waals surface area (Å²) in [7, 11) is 0. The van der Waals surface area contributed by atoms with Crippen molar-refractivity contribution in [2.24, 2.45) is 5.41 Å². The lowest BCUT2D eigenvalue weighted by molar-refractivity contribution is 0.301. The average Bonchev–Trinajstić information content (AvgIpc) is 2.75.